The van der Waals surface area contributed by atoms with E-state index in [0.29, 0.717) is 6.61 Å². The fourth-order valence-corrected chi connectivity index (χ4v) is 1.19. The predicted octanol–water partition coefficient (Wildman–Crippen LogP) is 0.417. The van der Waals surface area contributed by atoms with Crippen LogP contribution >= 0.6 is 0 Å². The normalized spacial score (nSPS) is 26.1. The number of hydrogen-bond donors (Lipinski definition) is 1. The first-order valence-corrected chi connectivity index (χ1v) is 3.82. The van der Waals surface area contributed by atoms with Gasteiger partial charge in [0.05, 0.1) is 19.2 Å². The van der Waals surface area contributed by atoms with E-state index in [4.69, 9.17) is 10.1 Å². The lowest BCUT2D eigenvalue weighted by Gasteiger charge is -2.30. The summed E-state index contributed by atoms with van der Waals surface area (Å²) in [5.41, 5.74) is 0. The van der Waals surface area contributed by atoms with Crippen molar-refractivity contribution in [1.82, 2.24) is 4.90 Å². The number of hydrogen-bond acceptors (Lipinski definition) is 4. The Bertz CT molecular complexity index is 165. The van der Waals surface area contributed by atoms with Crippen LogP contribution in [0.15, 0.2) is 4.99 Å². The summed E-state index contributed by atoms with van der Waals surface area (Å²) in [5.74, 6) is 0. The van der Waals surface area contributed by atoms with E-state index in [1.54, 1.807) is 0 Å². The minimum atomic E-state index is 0.0197. The van der Waals surface area contributed by atoms with Crippen molar-refractivity contribution in [3.05, 3.63) is 0 Å². The van der Waals surface area contributed by atoms with Crippen molar-refractivity contribution < 1.29 is 4.74 Å². The zero-order chi connectivity index (χ0) is 8.10. The second kappa shape index (κ2) is 4.23. The second-order valence-electron chi connectivity index (χ2n) is 2.43. The lowest BCUT2D eigenvalue weighted by atomic mass is 10.3. The van der Waals surface area contributed by atoms with Gasteiger partial charge in [0.1, 0.15) is 6.17 Å². The highest BCUT2D eigenvalue weighted by Gasteiger charge is 2.19. The first-order chi connectivity index (χ1) is 5.38. The van der Waals surface area contributed by atoms with Crippen molar-refractivity contribution in [3.8, 4) is 0 Å². The fourth-order valence-electron chi connectivity index (χ4n) is 1.19. The molecule has 1 heterocycles. The number of nitrogens with zero attached hydrogens (tertiary/aromatic N) is 2. The van der Waals surface area contributed by atoms with Gasteiger partial charge in [-0.15, -0.1) is 0 Å². The molecule has 1 N–H and O–H groups in total. The number of nitrogens with one attached hydrogen (secondary N) is 1. The van der Waals surface area contributed by atoms with Gasteiger partial charge in [-0.25, -0.2) is 10.4 Å². The van der Waals surface area contributed by atoms with Gasteiger partial charge in [-0.1, -0.05) is 6.92 Å². The Labute approximate surface area is 66.4 Å². The van der Waals surface area contributed by atoms with Crippen LogP contribution in [0.3, 0.4) is 0 Å². The molecule has 1 atom stereocenters. The Morgan fingerprint density at radius 1 is 1.82 bits per heavy atom. The lowest BCUT2D eigenvalue weighted by Crippen LogP contribution is -2.43. The largest absolute Gasteiger partial charge is 0.376 e. The Balaban J connectivity index is 2.50. The molecule has 1 rings (SSSR count). The maximum Gasteiger partial charge on any atom is 0.137 e. The maximum absolute atomic E-state index is 6.71. The van der Waals surface area contributed by atoms with E-state index in [0.717, 1.165) is 19.7 Å². The Hall–Kier alpha value is -0.700. The standard InChI is InChI=1S/C7H13N3O/c1-2-10-3-4-11-5-7(10)9-6-8/h7-8H,2-5H2,1H3. The van der Waals surface area contributed by atoms with E-state index < -0.39 is 0 Å². The molecule has 11 heavy (non-hydrogen) atoms. The third-order valence-corrected chi connectivity index (χ3v) is 1.83. The quantitative estimate of drug-likeness (QED) is 0.587. The molecule has 0 aliphatic carbocycles. The minimum Gasteiger partial charge on any atom is -0.376 e. The number of ether oxygens (including phenoxy) is 1. The molecule has 0 aromatic carbocycles. The van der Waals surface area contributed by atoms with Gasteiger partial charge in [0.15, 0.2) is 0 Å². The van der Waals surface area contributed by atoms with Gasteiger partial charge in [0.2, 0.25) is 0 Å². The molecule has 1 aliphatic rings. The summed E-state index contributed by atoms with van der Waals surface area (Å²) in [5, 5.41) is 6.71. The third-order valence-electron chi connectivity index (χ3n) is 1.83. The van der Waals surface area contributed by atoms with Crippen LogP contribution in [0, 0.1) is 5.41 Å². The van der Waals surface area contributed by atoms with Crippen molar-refractivity contribution >= 4 is 6.01 Å². The molecule has 1 aliphatic heterocycles. The molecular formula is C7H13N3O. The van der Waals surface area contributed by atoms with Crippen LogP contribution in [-0.4, -0.2) is 43.4 Å². The molecule has 1 unspecified atom stereocenters. The van der Waals surface area contributed by atoms with Gasteiger partial charge in [0.25, 0.3) is 0 Å². The van der Waals surface area contributed by atoms with Crippen molar-refractivity contribution in [1.29, 1.82) is 5.41 Å². The predicted molar refractivity (Wildman–Crippen MR) is 42.0 cm³/mol. The van der Waals surface area contributed by atoms with Crippen molar-refractivity contribution in [3.63, 3.8) is 0 Å². The van der Waals surface area contributed by atoms with Crippen LogP contribution in [-0.2, 0) is 4.74 Å². The highest BCUT2D eigenvalue weighted by atomic mass is 16.5. The van der Waals surface area contributed by atoms with E-state index >= 15 is 0 Å². The highest BCUT2D eigenvalue weighted by molar-refractivity contribution is 5.36. The first kappa shape index (κ1) is 8.40. The first-order valence-electron chi connectivity index (χ1n) is 3.82. The minimum absolute atomic E-state index is 0.0197. The van der Waals surface area contributed by atoms with Crippen LogP contribution in [0.5, 0.6) is 0 Å². The van der Waals surface area contributed by atoms with E-state index in [2.05, 4.69) is 22.8 Å². The van der Waals surface area contributed by atoms with Gasteiger partial charge in [-0.05, 0) is 6.54 Å². The molecule has 0 aromatic heterocycles. The maximum atomic E-state index is 6.71. The van der Waals surface area contributed by atoms with Crippen molar-refractivity contribution in [2.75, 3.05) is 26.3 Å². The lowest BCUT2D eigenvalue weighted by molar-refractivity contribution is -0.000918. The molecule has 0 aromatic rings. The van der Waals surface area contributed by atoms with Gasteiger partial charge >= 0.3 is 0 Å². The number of morpholine rings is 1. The molecule has 1 fully saturated rings. The summed E-state index contributed by atoms with van der Waals surface area (Å²) in [6, 6.07) is 2.06. The summed E-state index contributed by atoms with van der Waals surface area (Å²) < 4.78 is 5.21. The van der Waals surface area contributed by atoms with Gasteiger partial charge in [-0.3, -0.25) is 4.90 Å². The van der Waals surface area contributed by atoms with Crippen LogP contribution in [0.1, 0.15) is 6.92 Å². The molecule has 0 radical (unpaired) electrons. The highest BCUT2D eigenvalue weighted by Crippen LogP contribution is 2.05. The number of likely N-dealkylation sites (N-methyl/N-ethyl adjacent to an activating group) is 1. The van der Waals surface area contributed by atoms with Gasteiger partial charge < -0.3 is 4.74 Å². The Kier molecular flexibility index (Phi) is 3.23. The summed E-state index contributed by atoms with van der Waals surface area (Å²) in [4.78, 5) is 6.03. The SMILES string of the molecule is CCN1CCOCC1N=C=N. The molecule has 62 valence electrons. The number of rotatable bonds is 2. The van der Waals surface area contributed by atoms with E-state index in [1.165, 1.54) is 0 Å². The van der Waals surface area contributed by atoms with Crippen molar-refractivity contribution in [2.45, 2.75) is 13.1 Å². The second-order valence-corrected chi connectivity index (χ2v) is 2.43. The van der Waals surface area contributed by atoms with Gasteiger partial charge in [-0.2, -0.15) is 0 Å². The smallest absolute Gasteiger partial charge is 0.137 e. The monoisotopic (exact) mass is 155 g/mol. The Morgan fingerprint density at radius 3 is 3.27 bits per heavy atom. The van der Waals surface area contributed by atoms with Crippen molar-refractivity contribution in [2.24, 2.45) is 4.99 Å². The molecule has 0 amide bonds. The third kappa shape index (κ3) is 2.12. The summed E-state index contributed by atoms with van der Waals surface area (Å²) in [7, 11) is 0. The Morgan fingerprint density at radius 2 is 2.64 bits per heavy atom. The van der Waals surface area contributed by atoms with Crippen LogP contribution in [0.4, 0.5) is 0 Å². The summed E-state index contributed by atoms with van der Waals surface area (Å²) in [6.45, 7) is 5.32. The van der Waals surface area contributed by atoms with Gasteiger partial charge in [0, 0.05) is 6.54 Å². The van der Waals surface area contributed by atoms with E-state index in [1.807, 2.05) is 0 Å². The molecule has 1 saturated heterocycles. The van der Waals surface area contributed by atoms with Crippen LogP contribution in [0.25, 0.3) is 0 Å². The zero-order valence-corrected chi connectivity index (χ0v) is 6.71. The topological polar surface area (TPSA) is 48.7 Å². The van der Waals surface area contributed by atoms with E-state index in [-0.39, 0.29) is 6.17 Å². The average molecular weight is 155 g/mol. The molecule has 0 saturated carbocycles. The molecule has 4 heteroatoms. The summed E-state index contributed by atoms with van der Waals surface area (Å²) in [6.07, 6.45) is 0.0197. The van der Waals surface area contributed by atoms with Crippen LogP contribution < -0.4 is 0 Å². The fraction of sp³-hybridized carbons (Fsp3) is 0.857. The zero-order valence-electron chi connectivity index (χ0n) is 6.71. The molecular weight excluding hydrogens is 142 g/mol. The average Bonchev–Trinajstić information content (AvgIpc) is 2.06. The molecule has 4 nitrogen and oxygen atoms in total. The number of aliphatic imine (C=N–C) groups is 1. The van der Waals surface area contributed by atoms with E-state index in [9.17, 15) is 0 Å². The summed E-state index contributed by atoms with van der Waals surface area (Å²) >= 11 is 0. The molecule has 0 bridgehead atoms. The van der Waals surface area contributed by atoms with Crippen LogP contribution in [0.2, 0.25) is 0 Å². The molecule has 0 spiro atoms.